The van der Waals surface area contributed by atoms with Crippen LogP contribution >= 0.6 is 11.3 Å². The van der Waals surface area contributed by atoms with Crippen LogP contribution in [0.5, 0.6) is 0 Å². The third-order valence-corrected chi connectivity index (χ3v) is 5.06. The van der Waals surface area contributed by atoms with Crippen LogP contribution in [-0.4, -0.2) is 29.1 Å². The van der Waals surface area contributed by atoms with E-state index in [0.29, 0.717) is 30.0 Å². The third-order valence-electron chi connectivity index (χ3n) is 3.84. The highest BCUT2D eigenvalue weighted by molar-refractivity contribution is 7.21. The van der Waals surface area contributed by atoms with Crippen LogP contribution in [0, 0.1) is 0 Å². The van der Waals surface area contributed by atoms with Crippen LogP contribution in [0.2, 0.25) is 0 Å². The summed E-state index contributed by atoms with van der Waals surface area (Å²) < 4.78 is 6.43. The first-order valence-corrected chi connectivity index (χ1v) is 8.50. The molecule has 3 N–H and O–H groups in total. The van der Waals surface area contributed by atoms with Gasteiger partial charge in [0.05, 0.1) is 11.1 Å². The molecule has 8 heteroatoms. The summed E-state index contributed by atoms with van der Waals surface area (Å²) in [4.78, 5) is 40.0. The normalized spacial score (nSPS) is 11.1. The minimum Gasteiger partial charge on any atom is -0.397 e. The second-order valence-corrected chi connectivity index (χ2v) is 6.48. The highest BCUT2D eigenvalue weighted by Crippen LogP contribution is 2.32. The van der Waals surface area contributed by atoms with E-state index >= 15 is 0 Å². The number of carbonyl (C=O) groups excluding carboxylic acids is 1. The van der Waals surface area contributed by atoms with Crippen molar-refractivity contribution in [3.05, 3.63) is 61.6 Å². The zero-order chi connectivity index (χ0) is 18.0. The molecule has 0 bridgehead atoms. The summed E-state index contributed by atoms with van der Waals surface area (Å²) >= 11 is 1.07. The van der Waals surface area contributed by atoms with E-state index in [1.807, 2.05) is 6.07 Å². The van der Waals surface area contributed by atoms with Crippen molar-refractivity contribution in [3.63, 3.8) is 0 Å². The van der Waals surface area contributed by atoms with Crippen molar-refractivity contribution in [3.8, 4) is 0 Å². The van der Waals surface area contributed by atoms with Gasteiger partial charge in [-0.2, -0.15) is 0 Å². The third kappa shape index (κ3) is 3.13. The van der Waals surface area contributed by atoms with E-state index in [1.165, 1.54) is 4.57 Å². The number of fused-ring (bicyclic) bond motifs is 1. The molecule has 0 unspecified atom stereocenters. The molecular weight excluding hydrogens is 342 g/mol. The van der Waals surface area contributed by atoms with Crippen LogP contribution in [-0.2, 0) is 11.3 Å². The number of aromatic nitrogens is 2. The van der Waals surface area contributed by atoms with Crippen LogP contribution in [0.4, 0.5) is 5.69 Å². The molecule has 0 saturated carbocycles. The van der Waals surface area contributed by atoms with Gasteiger partial charge in [0, 0.05) is 25.8 Å². The molecule has 0 spiro atoms. The number of nitrogens with one attached hydrogen (secondary N) is 1. The molecule has 0 aliphatic rings. The molecule has 3 aromatic rings. The van der Waals surface area contributed by atoms with Gasteiger partial charge in [0.2, 0.25) is 5.78 Å². The molecule has 2 heterocycles. The Bertz CT molecular complexity index is 1030. The summed E-state index contributed by atoms with van der Waals surface area (Å²) in [5.74, 6) is -0.269. The fourth-order valence-electron chi connectivity index (χ4n) is 2.62. The Kier molecular flexibility index (Phi) is 4.82. The maximum absolute atomic E-state index is 12.7. The Morgan fingerprint density at radius 1 is 1.28 bits per heavy atom. The number of nitrogen functional groups attached to an aromatic ring is 1. The van der Waals surface area contributed by atoms with Gasteiger partial charge >= 0.3 is 5.69 Å². The lowest BCUT2D eigenvalue weighted by atomic mass is 10.1. The number of methoxy groups -OCH3 is 1. The maximum atomic E-state index is 12.7. The minimum atomic E-state index is -0.580. The highest BCUT2D eigenvalue weighted by Gasteiger charge is 2.22. The van der Waals surface area contributed by atoms with E-state index < -0.39 is 11.2 Å². The number of benzene rings is 1. The van der Waals surface area contributed by atoms with Gasteiger partial charge < -0.3 is 10.5 Å². The van der Waals surface area contributed by atoms with Gasteiger partial charge in [-0.15, -0.1) is 11.3 Å². The fourth-order valence-corrected chi connectivity index (χ4v) is 3.82. The zero-order valence-corrected chi connectivity index (χ0v) is 14.4. The van der Waals surface area contributed by atoms with Crippen molar-refractivity contribution >= 4 is 33.0 Å². The Labute approximate surface area is 146 Å². The summed E-state index contributed by atoms with van der Waals surface area (Å²) in [6, 6.07) is 8.68. The molecule has 3 rings (SSSR count). The van der Waals surface area contributed by atoms with Crippen LogP contribution in [0.15, 0.2) is 39.9 Å². The molecule has 130 valence electrons. The number of anilines is 1. The number of rotatable bonds is 6. The van der Waals surface area contributed by atoms with Gasteiger partial charge in [-0.05, 0) is 6.42 Å². The summed E-state index contributed by atoms with van der Waals surface area (Å²) in [6.45, 7) is 0.836. The number of hydrogen-bond donors (Lipinski definition) is 2. The molecule has 0 aliphatic carbocycles. The Balaban J connectivity index is 2.17. The van der Waals surface area contributed by atoms with Crippen molar-refractivity contribution in [2.24, 2.45) is 0 Å². The minimum absolute atomic E-state index is 0.107. The molecule has 2 aromatic heterocycles. The second kappa shape index (κ2) is 7.04. The smallest absolute Gasteiger partial charge is 0.329 e. The highest BCUT2D eigenvalue weighted by atomic mass is 32.1. The lowest BCUT2D eigenvalue weighted by Crippen LogP contribution is -2.30. The average molecular weight is 359 g/mol. The molecule has 0 fully saturated rings. The second-order valence-electron chi connectivity index (χ2n) is 5.48. The maximum Gasteiger partial charge on any atom is 0.329 e. The predicted octanol–water partition coefficient (Wildman–Crippen LogP) is 1.60. The number of ketones is 1. The standard InChI is InChI=1S/C17H17N3O4S/c1-24-9-5-8-20-16-11(15(22)19-17(20)23)12(18)14(25-16)13(21)10-6-3-2-4-7-10/h2-4,6-7H,5,8-9,18H2,1H3,(H,19,22,23). The SMILES string of the molecule is COCCCn1c(=O)[nH]c(=O)c2c(N)c(C(=O)c3ccccc3)sc21. The van der Waals surface area contributed by atoms with Gasteiger partial charge in [0.15, 0.2) is 0 Å². The summed E-state index contributed by atoms with van der Waals surface area (Å²) in [6.07, 6.45) is 0.595. The van der Waals surface area contributed by atoms with E-state index in [2.05, 4.69) is 4.98 Å². The zero-order valence-electron chi connectivity index (χ0n) is 13.6. The number of H-pyrrole nitrogens is 1. The van der Waals surface area contributed by atoms with E-state index in [-0.39, 0.29) is 21.7 Å². The first-order chi connectivity index (χ1) is 12.0. The number of carbonyl (C=O) groups is 1. The van der Waals surface area contributed by atoms with Crippen LogP contribution in [0.25, 0.3) is 10.2 Å². The lowest BCUT2D eigenvalue weighted by molar-refractivity contribution is 0.104. The van der Waals surface area contributed by atoms with Gasteiger partial charge in [0.25, 0.3) is 5.56 Å². The summed E-state index contributed by atoms with van der Waals surface area (Å²) in [5, 5.41) is 0.182. The molecule has 0 saturated heterocycles. The van der Waals surface area contributed by atoms with E-state index in [9.17, 15) is 14.4 Å². The molecule has 7 nitrogen and oxygen atoms in total. The summed E-state index contributed by atoms with van der Waals surface area (Å²) in [5.41, 5.74) is 5.57. The van der Waals surface area contributed by atoms with E-state index in [0.717, 1.165) is 11.3 Å². The molecule has 25 heavy (non-hydrogen) atoms. The number of aromatic amines is 1. The molecule has 0 atom stereocenters. The van der Waals surface area contributed by atoms with Crippen molar-refractivity contribution < 1.29 is 9.53 Å². The largest absolute Gasteiger partial charge is 0.397 e. The summed E-state index contributed by atoms with van der Waals surface area (Å²) in [7, 11) is 1.57. The lowest BCUT2D eigenvalue weighted by Gasteiger charge is -2.05. The molecular formula is C17H17N3O4S. The average Bonchev–Trinajstić information content (AvgIpc) is 2.95. The van der Waals surface area contributed by atoms with Crippen LogP contribution in [0.3, 0.4) is 0 Å². The Morgan fingerprint density at radius 3 is 2.68 bits per heavy atom. The van der Waals surface area contributed by atoms with Crippen molar-refractivity contribution in [1.82, 2.24) is 9.55 Å². The van der Waals surface area contributed by atoms with E-state index in [4.69, 9.17) is 10.5 Å². The van der Waals surface area contributed by atoms with Gasteiger partial charge in [-0.1, -0.05) is 30.3 Å². The van der Waals surface area contributed by atoms with Crippen LogP contribution < -0.4 is 17.0 Å². The fraction of sp³-hybridized carbons (Fsp3) is 0.235. The molecule has 0 amide bonds. The number of thiophene rings is 1. The molecule has 0 aliphatic heterocycles. The Morgan fingerprint density at radius 2 is 2.00 bits per heavy atom. The number of nitrogens with zero attached hydrogens (tertiary/aromatic N) is 1. The number of aryl methyl sites for hydroxylation is 1. The number of hydrogen-bond acceptors (Lipinski definition) is 6. The number of ether oxygens (including phenoxy) is 1. The van der Waals surface area contributed by atoms with Crippen molar-refractivity contribution in [2.75, 3.05) is 19.5 Å². The van der Waals surface area contributed by atoms with Gasteiger partial charge in [-0.3, -0.25) is 19.1 Å². The topological polar surface area (TPSA) is 107 Å². The van der Waals surface area contributed by atoms with Crippen LogP contribution in [0.1, 0.15) is 21.7 Å². The number of nitrogens with two attached hydrogens (primary N) is 1. The van der Waals surface area contributed by atoms with Gasteiger partial charge in [0.1, 0.15) is 9.71 Å². The van der Waals surface area contributed by atoms with Crippen molar-refractivity contribution in [1.29, 1.82) is 0 Å². The molecule has 0 radical (unpaired) electrons. The Hall–Kier alpha value is -2.71. The monoisotopic (exact) mass is 359 g/mol. The first kappa shape index (κ1) is 17.1. The van der Waals surface area contributed by atoms with Gasteiger partial charge in [-0.25, -0.2) is 4.79 Å². The predicted molar refractivity (Wildman–Crippen MR) is 97.5 cm³/mol. The quantitative estimate of drug-likeness (QED) is 0.513. The first-order valence-electron chi connectivity index (χ1n) is 7.68. The van der Waals surface area contributed by atoms with E-state index in [1.54, 1.807) is 31.4 Å². The molecule has 1 aromatic carbocycles. The van der Waals surface area contributed by atoms with Crippen molar-refractivity contribution in [2.45, 2.75) is 13.0 Å².